The van der Waals surface area contributed by atoms with E-state index in [4.69, 9.17) is 14.2 Å². The van der Waals surface area contributed by atoms with Gasteiger partial charge in [0.15, 0.2) is 5.79 Å². The van der Waals surface area contributed by atoms with Gasteiger partial charge in [-0.1, -0.05) is 19.1 Å². The zero-order valence-electron chi connectivity index (χ0n) is 18.9. The van der Waals surface area contributed by atoms with E-state index in [0.717, 1.165) is 22.9 Å². The van der Waals surface area contributed by atoms with E-state index in [1.54, 1.807) is 19.2 Å². The molecule has 2 saturated heterocycles. The lowest BCUT2D eigenvalue weighted by molar-refractivity contribution is -0.169. The number of piperidine rings is 1. The zero-order valence-corrected chi connectivity index (χ0v) is 19.7. The smallest absolute Gasteiger partial charge is 0.210 e. The van der Waals surface area contributed by atoms with Crippen LogP contribution in [0, 0.1) is 0 Å². The van der Waals surface area contributed by atoms with E-state index >= 15 is 0 Å². The summed E-state index contributed by atoms with van der Waals surface area (Å²) < 4.78 is 44.8. The van der Waals surface area contributed by atoms with Crippen molar-refractivity contribution in [2.75, 3.05) is 38.3 Å². The second-order valence-electron chi connectivity index (χ2n) is 8.45. The first-order chi connectivity index (χ1) is 16.0. The molecule has 2 aliphatic heterocycles. The largest absolute Gasteiger partial charge is 0.497 e. The van der Waals surface area contributed by atoms with E-state index in [9.17, 15) is 8.42 Å². The fraction of sp³-hybridized carbons (Fsp3) is 0.400. The topological polar surface area (TPSA) is 78.0 Å². The molecule has 2 fully saturated rings. The molecule has 5 rings (SSSR count). The van der Waals surface area contributed by atoms with Crippen molar-refractivity contribution in [3.8, 4) is 5.75 Å². The lowest BCUT2D eigenvalue weighted by Gasteiger charge is -2.39. The van der Waals surface area contributed by atoms with E-state index < -0.39 is 15.6 Å². The Hall–Kier alpha value is -2.68. The molecule has 0 bridgehead atoms. The molecule has 0 unspecified atom stereocenters. The SMILES string of the molecule is CCc1ccc(S(=O)(=O)c2cnc3ccc(OC)cc3c2N2CCC3(CC2)OCCO3)cc1. The fourth-order valence-electron chi connectivity index (χ4n) is 4.68. The molecule has 33 heavy (non-hydrogen) atoms. The van der Waals surface area contributed by atoms with E-state index in [2.05, 4.69) is 9.88 Å². The Morgan fingerprint density at radius 1 is 1.06 bits per heavy atom. The van der Waals surface area contributed by atoms with Gasteiger partial charge in [-0.2, -0.15) is 0 Å². The van der Waals surface area contributed by atoms with Crippen molar-refractivity contribution >= 4 is 26.4 Å². The molecule has 0 radical (unpaired) electrons. The molecule has 0 saturated carbocycles. The molecule has 1 spiro atoms. The highest BCUT2D eigenvalue weighted by Crippen LogP contribution is 2.41. The minimum Gasteiger partial charge on any atom is -0.497 e. The van der Waals surface area contributed by atoms with Gasteiger partial charge in [0.2, 0.25) is 9.84 Å². The lowest BCUT2D eigenvalue weighted by Crippen LogP contribution is -2.45. The van der Waals surface area contributed by atoms with Crippen molar-refractivity contribution in [3.05, 3.63) is 54.2 Å². The number of aryl methyl sites for hydroxylation is 1. The van der Waals surface area contributed by atoms with Crippen LogP contribution in [0.5, 0.6) is 5.75 Å². The molecule has 174 valence electrons. The Labute approximate surface area is 194 Å². The summed E-state index contributed by atoms with van der Waals surface area (Å²) in [6, 6.07) is 12.6. The Morgan fingerprint density at radius 3 is 2.39 bits per heavy atom. The molecule has 8 heteroatoms. The summed E-state index contributed by atoms with van der Waals surface area (Å²) in [5.41, 5.74) is 2.47. The molecular weight excluding hydrogens is 440 g/mol. The summed E-state index contributed by atoms with van der Waals surface area (Å²) in [7, 11) is -2.19. The highest BCUT2D eigenvalue weighted by Gasteiger charge is 2.41. The zero-order chi connectivity index (χ0) is 23.1. The second-order valence-corrected chi connectivity index (χ2v) is 10.4. The number of benzene rings is 2. The van der Waals surface area contributed by atoms with E-state index in [0.29, 0.717) is 50.6 Å². The van der Waals surface area contributed by atoms with Crippen LogP contribution in [0.25, 0.3) is 10.9 Å². The predicted octanol–water partition coefficient (Wildman–Crippen LogP) is 3.98. The molecule has 1 aromatic heterocycles. The van der Waals surface area contributed by atoms with Gasteiger partial charge in [-0.05, 0) is 42.3 Å². The van der Waals surface area contributed by atoms with E-state index in [1.807, 2.05) is 37.3 Å². The molecular formula is C25H28N2O5S. The number of anilines is 1. The Kier molecular flexibility index (Phi) is 5.76. The van der Waals surface area contributed by atoms with Gasteiger partial charge in [-0.3, -0.25) is 4.98 Å². The summed E-state index contributed by atoms with van der Waals surface area (Å²) in [6.45, 7) is 4.48. The van der Waals surface area contributed by atoms with Gasteiger partial charge in [-0.15, -0.1) is 0 Å². The van der Waals surface area contributed by atoms with Crippen LogP contribution in [-0.4, -0.2) is 52.6 Å². The monoisotopic (exact) mass is 468 g/mol. The van der Waals surface area contributed by atoms with E-state index in [1.165, 1.54) is 6.20 Å². The van der Waals surface area contributed by atoms with Crippen LogP contribution >= 0.6 is 0 Å². The summed E-state index contributed by atoms with van der Waals surface area (Å²) >= 11 is 0. The number of hydrogen-bond acceptors (Lipinski definition) is 7. The minimum absolute atomic E-state index is 0.205. The average molecular weight is 469 g/mol. The van der Waals surface area contributed by atoms with Crippen LogP contribution in [0.2, 0.25) is 0 Å². The van der Waals surface area contributed by atoms with Crippen molar-refractivity contribution in [2.45, 2.75) is 41.8 Å². The Morgan fingerprint density at radius 2 is 1.76 bits per heavy atom. The Bertz CT molecular complexity index is 1260. The molecule has 2 aromatic carbocycles. The minimum atomic E-state index is -3.79. The average Bonchev–Trinajstić information content (AvgIpc) is 3.31. The number of nitrogens with zero attached hydrogens (tertiary/aromatic N) is 2. The maximum Gasteiger partial charge on any atom is 0.210 e. The van der Waals surface area contributed by atoms with Gasteiger partial charge < -0.3 is 19.1 Å². The molecule has 0 N–H and O–H groups in total. The molecule has 0 atom stereocenters. The number of rotatable bonds is 5. The number of methoxy groups -OCH3 is 1. The van der Waals surface area contributed by atoms with Crippen molar-refractivity contribution in [1.29, 1.82) is 0 Å². The quantitative estimate of drug-likeness (QED) is 0.560. The third kappa shape index (κ3) is 3.96. The summed E-state index contributed by atoms with van der Waals surface area (Å²) in [4.78, 5) is 7.09. The summed E-state index contributed by atoms with van der Waals surface area (Å²) in [5.74, 6) is 0.106. The second kappa shape index (κ2) is 8.59. The van der Waals surface area contributed by atoms with E-state index in [-0.39, 0.29) is 9.79 Å². The third-order valence-corrected chi connectivity index (χ3v) is 8.37. The van der Waals surface area contributed by atoms with Crippen LogP contribution in [0.4, 0.5) is 5.69 Å². The van der Waals surface area contributed by atoms with Crippen LogP contribution in [0.1, 0.15) is 25.3 Å². The van der Waals surface area contributed by atoms with Crippen molar-refractivity contribution in [2.24, 2.45) is 0 Å². The van der Waals surface area contributed by atoms with Crippen molar-refractivity contribution < 1.29 is 22.6 Å². The normalized spacial score (nSPS) is 18.2. The van der Waals surface area contributed by atoms with Crippen molar-refractivity contribution in [3.63, 3.8) is 0 Å². The van der Waals surface area contributed by atoms with Crippen LogP contribution in [0.3, 0.4) is 0 Å². The molecule has 3 aromatic rings. The molecule has 0 amide bonds. The van der Waals surface area contributed by atoms with Gasteiger partial charge in [0.25, 0.3) is 0 Å². The lowest BCUT2D eigenvalue weighted by atomic mass is 10.0. The predicted molar refractivity (Wildman–Crippen MR) is 126 cm³/mol. The molecule has 0 aliphatic carbocycles. The molecule has 7 nitrogen and oxygen atoms in total. The molecule has 3 heterocycles. The number of aromatic nitrogens is 1. The number of pyridine rings is 1. The number of ether oxygens (including phenoxy) is 3. The first-order valence-corrected chi connectivity index (χ1v) is 12.8. The molecule has 2 aliphatic rings. The van der Waals surface area contributed by atoms with Gasteiger partial charge >= 0.3 is 0 Å². The van der Waals surface area contributed by atoms with Crippen LogP contribution < -0.4 is 9.64 Å². The number of hydrogen-bond donors (Lipinski definition) is 0. The number of fused-ring (bicyclic) bond motifs is 1. The fourth-order valence-corrected chi connectivity index (χ4v) is 6.11. The standard InChI is InChI=1S/C25H28N2O5S/c1-3-18-4-7-20(8-5-18)33(28,29)23-17-26-22-9-6-19(30-2)16-21(22)24(23)27-12-10-25(11-13-27)31-14-15-32-25/h4-9,16-17H,3,10-15H2,1-2H3. The van der Waals surface area contributed by atoms with Gasteiger partial charge in [0.1, 0.15) is 10.6 Å². The van der Waals surface area contributed by atoms with Gasteiger partial charge in [-0.25, -0.2) is 8.42 Å². The van der Waals surface area contributed by atoms with Gasteiger partial charge in [0.05, 0.1) is 36.4 Å². The van der Waals surface area contributed by atoms with Crippen LogP contribution in [0.15, 0.2) is 58.5 Å². The highest BCUT2D eigenvalue weighted by molar-refractivity contribution is 7.91. The van der Waals surface area contributed by atoms with Crippen molar-refractivity contribution in [1.82, 2.24) is 4.98 Å². The summed E-state index contributed by atoms with van der Waals surface area (Å²) in [6.07, 6.45) is 3.68. The first-order valence-electron chi connectivity index (χ1n) is 11.3. The maximum absolute atomic E-state index is 13.8. The number of sulfone groups is 1. The highest BCUT2D eigenvalue weighted by atomic mass is 32.2. The first kappa shape index (κ1) is 22.1. The van der Waals surface area contributed by atoms with Crippen LogP contribution in [-0.2, 0) is 25.7 Å². The van der Waals surface area contributed by atoms with Gasteiger partial charge in [0, 0.05) is 37.5 Å². The summed E-state index contributed by atoms with van der Waals surface area (Å²) in [5, 5.41) is 0.754. The Balaban J connectivity index is 1.63. The third-order valence-electron chi connectivity index (χ3n) is 6.60. The maximum atomic E-state index is 13.8.